The molecule has 2 amide bonds. The second-order valence-electron chi connectivity index (χ2n) is 5.68. The van der Waals surface area contributed by atoms with E-state index in [1.807, 2.05) is 12.1 Å². The van der Waals surface area contributed by atoms with Gasteiger partial charge in [-0.3, -0.25) is 0 Å². The average molecular weight is 335 g/mol. The fourth-order valence-electron chi connectivity index (χ4n) is 2.71. The fourth-order valence-corrected chi connectivity index (χ4v) is 2.90. The Bertz CT molecular complexity index is 668. The molecule has 1 aliphatic carbocycles. The van der Waals surface area contributed by atoms with Crippen molar-refractivity contribution in [2.24, 2.45) is 0 Å². The molecule has 0 radical (unpaired) electrons. The van der Waals surface area contributed by atoms with Crippen molar-refractivity contribution in [2.75, 3.05) is 0 Å². The molecular weight excluding hydrogens is 316 g/mol. The third-order valence-corrected chi connectivity index (χ3v) is 4.13. The van der Waals surface area contributed by atoms with Crippen molar-refractivity contribution in [2.45, 2.75) is 44.7 Å². The number of nitrogens with one attached hydrogen (secondary N) is 2. The molecule has 2 N–H and O–H groups in total. The lowest BCUT2D eigenvalue weighted by Crippen LogP contribution is -2.42. The van der Waals surface area contributed by atoms with Crippen LogP contribution in [0.5, 0.6) is 0 Å². The summed E-state index contributed by atoms with van der Waals surface area (Å²) in [5.41, 5.74) is 0.777. The molecule has 0 unspecified atom stereocenters. The number of carbonyl (C=O) groups is 1. The molecular formula is C16H19ClN4O2. The Morgan fingerprint density at radius 2 is 2.13 bits per heavy atom. The summed E-state index contributed by atoms with van der Waals surface area (Å²) in [5, 5.41) is 10.2. The van der Waals surface area contributed by atoms with Gasteiger partial charge < -0.3 is 15.2 Å². The maximum atomic E-state index is 11.9. The van der Waals surface area contributed by atoms with Crippen LogP contribution in [0.15, 0.2) is 28.8 Å². The lowest BCUT2D eigenvalue weighted by Gasteiger charge is -2.22. The molecule has 122 valence electrons. The highest BCUT2D eigenvalue weighted by Crippen LogP contribution is 2.20. The van der Waals surface area contributed by atoms with Gasteiger partial charge in [0.25, 0.3) is 0 Å². The molecule has 1 heterocycles. The highest BCUT2D eigenvalue weighted by molar-refractivity contribution is 6.30. The predicted molar refractivity (Wildman–Crippen MR) is 87.0 cm³/mol. The first-order valence-electron chi connectivity index (χ1n) is 7.83. The van der Waals surface area contributed by atoms with Gasteiger partial charge in [-0.2, -0.15) is 4.98 Å². The Morgan fingerprint density at radius 3 is 2.91 bits per heavy atom. The van der Waals surface area contributed by atoms with Crippen LogP contribution in [0.2, 0.25) is 5.02 Å². The van der Waals surface area contributed by atoms with Crippen molar-refractivity contribution < 1.29 is 9.32 Å². The monoisotopic (exact) mass is 334 g/mol. The molecule has 2 aromatic rings. The molecule has 0 bridgehead atoms. The van der Waals surface area contributed by atoms with E-state index in [9.17, 15) is 4.79 Å². The van der Waals surface area contributed by atoms with Crippen LogP contribution < -0.4 is 10.6 Å². The zero-order chi connectivity index (χ0) is 16.1. The van der Waals surface area contributed by atoms with Gasteiger partial charge in [-0.25, -0.2) is 4.79 Å². The molecule has 1 aromatic heterocycles. The van der Waals surface area contributed by atoms with Crippen molar-refractivity contribution >= 4 is 17.6 Å². The Kier molecular flexibility index (Phi) is 5.12. The molecule has 3 rings (SSSR count). The fraction of sp³-hybridized carbons (Fsp3) is 0.438. The van der Waals surface area contributed by atoms with Crippen LogP contribution in [0.4, 0.5) is 4.79 Å². The van der Waals surface area contributed by atoms with Gasteiger partial charge in [0.1, 0.15) is 0 Å². The highest BCUT2D eigenvalue weighted by atomic mass is 35.5. The van der Waals surface area contributed by atoms with Gasteiger partial charge >= 0.3 is 6.03 Å². The molecule has 0 saturated heterocycles. The van der Waals surface area contributed by atoms with E-state index >= 15 is 0 Å². The summed E-state index contributed by atoms with van der Waals surface area (Å²) >= 11 is 5.95. The summed E-state index contributed by atoms with van der Waals surface area (Å²) in [6, 6.07) is 7.29. The minimum atomic E-state index is -0.195. The second kappa shape index (κ2) is 7.46. The van der Waals surface area contributed by atoms with E-state index in [-0.39, 0.29) is 18.6 Å². The summed E-state index contributed by atoms with van der Waals surface area (Å²) in [7, 11) is 0. The summed E-state index contributed by atoms with van der Waals surface area (Å²) in [5.74, 6) is 0.816. The predicted octanol–water partition coefficient (Wildman–Crippen LogP) is 3.52. The smallest absolute Gasteiger partial charge is 0.315 e. The maximum Gasteiger partial charge on any atom is 0.315 e. The first-order chi connectivity index (χ1) is 11.2. The van der Waals surface area contributed by atoms with E-state index < -0.39 is 0 Å². The first kappa shape index (κ1) is 15.8. The van der Waals surface area contributed by atoms with E-state index in [0.717, 1.165) is 18.4 Å². The summed E-state index contributed by atoms with van der Waals surface area (Å²) < 4.78 is 5.15. The Balaban J connectivity index is 1.52. The van der Waals surface area contributed by atoms with E-state index in [0.29, 0.717) is 16.7 Å². The second-order valence-corrected chi connectivity index (χ2v) is 6.12. The minimum absolute atomic E-state index is 0.195. The van der Waals surface area contributed by atoms with Crippen molar-refractivity contribution in [3.05, 3.63) is 35.2 Å². The molecule has 7 heteroatoms. The SMILES string of the molecule is O=C(NCc1nc(-c2cccc(Cl)c2)no1)NC1CCCCC1. The Hall–Kier alpha value is -2.08. The summed E-state index contributed by atoms with van der Waals surface area (Å²) in [4.78, 5) is 16.1. The zero-order valence-corrected chi connectivity index (χ0v) is 13.5. The van der Waals surface area contributed by atoms with Gasteiger partial charge in [-0.15, -0.1) is 0 Å². The van der Waals surface area contributed by atoms with Crippen LogP contribution in [-0.2, 0) is 6.54 Å². The first-order valence-corrected chi connectivity index (χ1v) is 8.21. The number of nitrogens with zero attached hydrogens (tertiary/aromatic N) is 2. The number of hydrogen-bond donors (Lipinski definition) is 2. The number of amides is 2. The third-order valence-electron chi connectivity index (χ3n) is 3.89. The average Bonchev–Trinajstić information content (AvgIpc) is 3.03. The number of carbonyl (C=O) groups excluding carboxylic acids is 1. The summed E-state index contributed by atoms with van der Waals surface area (Å²) in [6.07, 6.45) is 5.71. The molecule has 0 aliphatic heterocycles. The maximum absolute atomic E-state index is 11.9. The molecule has 1 aliphatic rings. The third kappa shape index (κ3) is 4.45. The van der Waals surface area contributed by atoms with E-state index in [1.165, 1.54) is 19.3 Å². The number of aromatic nitrogens is 2. The van der Waals surface area contributed by atoms with Crippen molar-refractivity contribution in [3.63, 3.8) is 0 Å². The largest absolute Gasteiger partial charge is 0.337 e. The van der Waals surface area contributed by atoms with Crippen molar-refractivity contribution in [1.82, 2.24) is 20.8 Å². The van der Waals surface area contributed by atoms with Gasteiger partial charge in [0, 0.05) is 16.6 Å². The van der Waals surface area contributed by atoms with Gasteiger partial charge in [0.05, 0.1) is 6.54 Å². The molecule has 1 aromatic carbocycles. The van der Waals surface area contributed by atoms with Crippen molar-refractivity contribution in [1.29, 1.82) is 0 Å². The van der Waals surface area contributed by atoms with Crippen LogP contribution in [0, 0.1) is 0 Å². The van der Waals surface area contributed by atoms with Crippen LogP contribution in [0.3, 0.4) is 0 Å². The molecule has 0 spiro atoms. The highest BCUT2D eigenvalue weighted by Gasteiger charge is 2.16. The van der Waals surface area contributed by atoms with Gasteiger partial charge in [-0.1, -0.05) is 48.2 Å². The number of rotatable bonds is 4. The minimum Gasteiger partial charge on any atom is -0.337 e. The Morgan fingerprint density at radius 1 is 1.30 bits per heavy atom. The van der Waals surface area contributed by atoms with E-state index in [4.69, 9.17) is 16.1 Å². The van der Waals surface area contributed by atoms with Crippen LogP contribution in [0.1, 0.15) is 38.0 Å². The van der Waals surface area contributed by atoms with Crippen molar-refractivity contribution in [3.8, 4) is 11.4 Å². The zero-order valence-electron chi connectivity index (χ0n) is 12.7. The molecule has 0 atom stereocenters. The molecule has 1 saturated carbocycles. The lowest BCUT2D eigenvalue weighted by atomic mass is 9.96. The standard InChI is InChI=1S/C16H19ClN4O2/c17-12-6-4-5-11(9-12)15-20-14(23-21-15)10-18-16(22)19-13-7-2-1-3-8-13/h4-6,9,13H,1-3,7-8,10H2,(H2,18,19,22). The number of benzene rings is 1. The number of hydrogen-bond acceptors (Lipinski definition) is 4. The molecule has 23 heavy (non-hydrogen) atoms. The summed E-state index contributed by atoms with van der Waals surface area (Å²) in [6.45, 7) is 0.201. The van der Waals surface area contributed by atoms with Gasteiger partial charge in [0.2, 0.25) is 11.7 Å². The van der Waals surface area contributed by atoms with Gasteiger partial charge in [0.15, 0.2) is 0 Å². The quantitative estimate of drug-likeness (QED) is 0.896. The van der Waals surface area contributed by atoms with Crippen LogP contribution in [-0.4, -0.2) is 22.2 Å². The van der Waals surface area contributed by atoms with E-state index in [1.54, 1.807) is 12.1 Å². The Labute approximate surface area is 139 Å². The normalized spacial score (nSPS) is 15.3. The number of halogens is 1. The van der Waals surface area contributed by atoms with Crippen LogP contribution >= 0.6 is 11.6 Å². The number of urea groups is 1. The topological polar surface area (TPSA) is 80.1 Å². The molecule has 1 fully saturated rings. The van der Waals surface area contributed by atoms with Gasteiger partial charge in [-0.05, 0) is 25.0 Å². The van der Waals surface area contributed by atoms with E-state index in [2.05, 4.69) is 20.8 Å². The lowest BCUT2D eigenvalue weighted by molar-refractivity contribution is 0.230. The molecule has 6 nitrogen and oxygen atoms in total. The van der Waals surface area contributed by atoms with Crippen LogP contribution in [0.25, 0.3) is 11.4 Å².